The smallest absolute Gasteiger partial charge is 0.227 e. The van der Waals surface area contributed by atoms with Crippen molar-refractivity contribution < 1.29 is 9.59 Å². The first-order valence-electron chi connectivity index (χ1n) is 8.26. The summed E-state index contributed by atoms with van der Waals surface area (Å²) in [6, 6.07) is 7.71. The molecule has 0 spiro atoms. The van der Waals surface area contributed by atoms with Gasteiger partial charge in [0.1, 0.15) is 0 Å². The van der Waals surface area contributed by atoms with Crippen LogP contribution in [0.5, 0.6) is 0 Å². The van der Waals surface area contributed by atoms with Crippen LogP contribution in [0.2, 0.25) is 0 Å². The molecule has 2 aromatic rings. The van der Waals surface area contributed by atoms with Crippen molar-refractivity contribution in [2.24, 2.45) is 0 Å². The maximum atomic E-state index is 12.1. The molecule has 1 aliphatic rings. The van der Waals surface area contributed by atoms with Crippen LogP contribution in [0.4, 0.5) is 5.69 Å². The molecule has 126 valence electrons. The zero-order chi connectivity index (χ0) is 16.9. The van der Waals surface area contributed by atoms with Gasteiger partial charge in [0, 0.05) is 43.6 Å². The molecule has 3 rings (SSSR count). The van der Waals surface area contributed by atoms with Gasteiger partial charge in [0.15, 0.2) is 0 Å². The van der Waals surface area contributed by atoms with E-state index in [1.807, 2.05) is 42.0 Å². The molecule has 0 aliphatic carbocycles. The third-order valence-corrected chi connectivity index (χ3v) is 4.14. The minimum atomic E-state index is -0.00684. The van der Waals surface area contributed by atoms with E-state index in [0.717, 1.165) is 24.2 Å². The summed E-state index contributed by atoms with van der Waals surface area (Å²) in [4.78, 5) is 29.7. The van der Waals surface area contributed by atoms with E-state index in [-0.39, 0.29) is 17.9 Å². The second kappa shape index (κ2) is 7.29. The minimum absolute atomic E-state index is 0.00684. The largest absolute Gasteiger partial charge is 0.352 e. The van der Waals surface area contributed by atoms with Crippen LogP contribution < -0.4 is 10.2 Å². The van der Waals surface area contributed by atoms with Crippen molar-refractivity contribution in [3.8, 4) is 0 Å². The van der Waals surface area contributed by atoms with Crippen LogP contribution in [0.15, 0.2) is 43.0 Å². The first-order chi connectivity index (χ1) is 11.6. The van der Waals surface area contributed by atoms with Gasteiger partial charge in [-0.1, -0.05) is 12.1 Å². The summed E-state index contributed by atoms with van der Waals surface area (Å²) in [6.45, 7) is 3.45. The summed E-state index contributed by atoms with van der Waals surface area (Å²) in [5, 5.41) is 2.99. The quantitative estimate of drug-likeness (QED) is 0.879. The lowest BCUT2D eigenvalue weighted by molar-refractivity contribution is -0.121. The van der Waals surface area contributed by atoms with E-state index in [4.69, 9.17) is 0 Å². The van der Waals surface area contributed by atoms with Crippen molar-refractivity contribution >= 4 is 17.5 Å². The Labute approximate surface area is 141 Å². The average Bonchev–Trinajstić information content (AvgIpc) is 3.19. The van der Waals surface area contributed by atoms with Crippen LogP contribution in [0.25, 0.3) is 0 Å². The number of carbonyl (C=O) groups is 2. The number of carbonyl (C=O) groups excluding carboxylic acids is 2. The Morgan fingerprint density at radius 3 is 2.75 bits per heavy atom. The van der Waals surface area contributed by atoms with Crippen molar-refractivity contribution in [1.29, 1.82) is 0 Å². The molecular weight excluding hydrogens is 304 g/mol. The second-order valence-electron chi connectivity index (χ2n) is 6.22. The molecule has 2 heterocycles. The van der Waals surface area contributed by atoms with E-state index in [0.29, 0.717) is 19.4 Å². The fourth-order valence-electron chi connectivity index (χ4n) is 2.98. The van der Waals surface area contributed by atoms with Crippen LogP contribution in [0, 0.1) is 0 Å². The highest BCUT2D eigenvalue weighted by molar-refractivity contribution is 5.95. The minimum Gasteiger partial charge on any atom is -0.352 e. The highest BCUT2D eigenvalue weighted by Crippen LogP contribution is 2.21. The van der Waals surface area contributed by atoms with Gasteiger partial charge in [0.2, 0.25) is 11.8 Å². The summed E-state index contributed by atoms with van der Waals surface area (Å²) in [5.74, 6) is 0.168. The van der Waals surface area contributed by atoms with Gasteiger partial charge < -0.3 is 14.8 Å². The van der Waals surface area contributed by atoms with Crippen LogP contribution in [-0.4, -0.2) is 34.0 Å². The molecule has 6 heteroatoms. The average molecular weight is 326 g/mol. The number of hydrogen-bond donors (Lipinski definition) is 1. The predicted molar refractivity (Wildman–Crippen MR) is 91.6 cm³/mol. The molecule has 2 amide bonds. The zero-order valence-corrected chi connectivity index (χ0v) is 13.8. The van der Waals surface area contributed by atoms with Crippen LogP contribution in [0.1, 0.15) is 25.3 Å². The predicted octanol–water partition coefficient (Wildman–Crippen LogP) is 1.76. The molecule has 1 aliphatic heterocycles. The van der Waals surface area contributed by atoms with Gasteiger partial charge >= 0.3 is 0 Å². The first kappa shape index (κ1) is 16.2. The normalized spacial score (nSPS) is 15.5. The van der Waals surface area contributed by atoms with Gasteiger partial charge in [-0.3, -0.25) is 9.59 Å². The number of imidazole rings is 1. The summed E-state index contributed by atoms with van der Waals surface area (Å²) in [6.07, 6.45) is 7.21. The van der Waals surface area contributed by atoms with E-state index in [1.165, 1.54) is 0 Å². The van der Waals surface area contributed by atoms with Crippen molar-refractivity contribution in [2.75, 3.05) is 11.4 Å². The zero-order valence-electron chi connectivity index (χ0n) is 13.8. The Hall–Kier alpha value is -2.63. The molecular formula is C18H22N4O2. The third-order valence-electron chi connectivity index (χ3n) is 4.14. The van der Waals surface area contributed by atoms with Crippen molar-refractivity contribution in [3.63, 3.8) is 0 Å². The number of nitrogens with one attached hydrogen (secondary N) is 1. The highest BCUT2D eigenvalue weighted by Gasteiger charge is 2.21. The van der Waals surface area contributed by atoms with E-state index in [1.54, 1.807) is 17.4 Å². The molecule has 1 N–H and O–H groups in total. The van der Waals surface area contributed by atoms with Crippen LogP contribution in [-0.2, 0) is 22.6 Å². The Morgan fingerprint density at radius 1 is 1.33 bits per heavy atom. The second-order valence-corrected chi connectivity index (χ2v) is 6.22. The lowest BCUT2D eigenvalue weighted by Gasteiger charge is -2.16. The molecule has 1 saturated heterocycles. The maximum Gasteiger partial charge on any atom is 0.227 e. The lowest BCUT2D eigenvalue weighted by Crippen LogP contribution is -2.36. The maximum absolute atomic E-state index is 12.1. The number of amides is 2. The Bertz CT molecular complexity index is 694. The van der Waals surface area contributed by atoms with Gasteiger partial charge in [-0.2, -0.15) is 0 Å². The molecule has 1 atom stereocenters. The number of benzene rings is 1. The molecule has 0 bridgehead atoms. The monoisotopic (exact) mass is 326 g/mol. The van der Waals surface area contributed by atoms with Gasteiger partial charge in [-0.15, -0.1) is 0 Å². The number of nitrogens with zero attached hydrogens (tertiary/aromatic N) is 3. The molecule has 1 aromatic carbocycles. The van der Waals surface area contributed by atoms with Crippen molar-refractivity contribution in [1.82, 2.24) is 14.9 Å². The fourth-order valence-corrected chi connectivity index (χ4v) is 2.98. The number of rotatable bonds is 6. The highest BCUT2D eigenvalue weighted by atomic mass is 16.2. The number of anilines is 1. The fraction of sp³-hybridized carbons (Fsp3) is 0.389. The standard InChI is InChI=1S/C18H22N4O2/c1-14(12-21-10-8-19-13-21)20-17(23)11-15-4-6-16(7-5-15)22-9-2-3-18(22)24/h4-8,10,13-14H,2-3,9,11-12H2,1H3,(H,20,23)/t14-/m0/s1. The molecule has 1 aromatic heterocycles. The molecule has 1 fully saturated rings. The summed E-state index contributed by atoms with van der Waals surface area (Å²) >= 11 is 0. The topological polar surface area (TPSA) is 67.2 Å². The Morgan fingerprint density at radius 2 is 2.12 bits per heavy atom. The van der Waals surface area contributed by atoms with E-state index in [2.05, 4.69) is 10.3 Å². The van der Waals surface area contributed by atoms with Crippen LogP contribution >= 0.6 is 0 Å². The van der Waals surface area contributed by atoms with Gasteiger partial charge in [-0.05, 0) is 31.0 Å². The summed E-state index contributed by atoms with van der Waals surface area (Å²) in [5.41, 5.74) is 1.85. The SMILES string of the molecule is C[C@@H](Cn1ccnc1)NC(=O)Cc1ccc(N2CCCC2=O)cc1. The summed E-state index contributed by atoms with van der Waals surface area (Å²) in [7, 11) is 0. The summed E-state index contributed by atoms with van der Waals surface area (Å²) < 4.78 is 1.94. The van der Waals surface area contributed by atoms with E-state index < -0.39 is 0 Å². The third kappa shape index (κ3) is 4.01. The number of hydrogen-bond acceptors (Lipinski definition) is 3. The van der Waals surface area contributed by atoms with Crippen molar-refractivity contribution in [2.45, 2.75) is 38.8 Å². The van der Waals surface area contributed by atoms with Gasteiger partial charge in [0.25, 0.3) is 0 Å². The molecule has 0 unspecified atom stereocenters. The van der Waals surface area contributed by atoms with Crippen molar-refractivity contribution in [3.05, 3.63) is 48.5 Å². The molecule has 0 saturated carbocycles. The number of aromatic nitrogens is 2. The molecule has 6 nitrogen and oxygen atoms in total. The van der Waals surface area contributed by atoms with E-state index in [9.17, 15) is 9.59 Å². The van der Waals surface area contributed by atoms with Crippen LogP contribution in [0.3, 0.4) is 0 Å². The van der Waals surface area contributed by atoms with E-state index >= 15 is 0 Å². The Balaban J connectivity index is 1.51. The Kier molecular flexibility index (Phi) is 4.93. The lowest BCUT2D eigenvalue weighted by atomic mass is 10.1. The molecule has 24 heavy (non-hydrogen) atoms. The molecule has 0 radical (unpaired) electrons. The van der Waals surface area contributed by atoms with Gasteiger partial charge in [0.05, 0.1) is 12.7 Å². The first-order valence-corrected chi connectivity index (χ1v) is 8.26. The van der Waals surface area contributed by atoms with Gasteiger partial charge in [-0.25, -0.2) is 4.98 Å².